The summed E-state index contributed by atoms with van der Waals surface area (Å²) in [7, 11) is 1.22. The number of ether oxygens (including phenoxy) is 1. The third-order valence-corrected chi connectivity index (χ3v) is 24.0. The smallest absolute Gasteiger partial charge is 0.411 e. The minimum atomic E-state index is -1.07. The van der Waals surface area contributed by atoms with Gasteiger partial charge in [-0.15, -0.1) is 0 Å². The number of nitrogens with one attached hydrogen (secondary N) is 4. The zero-order valence-electron chi connectivity index (χ0n) is 69.3. The molecule has 1 amide bonds. The monoisotopic (exact) mass is 2040 g/mol. The number of nitrogens with zero attached hydrogens (tertiary/aromatic N) is 4. The first-order valence-corrected chi connectivity index (χ1v) is 42.6. The van der Waals surface area contributed by atoms with E-state index >= 15 is 0 Å². The van der Waals surface area contributed by atoms with Gasteiger partial charge in [-0.05, 0) is 161 Å². The third kappa shape index (κ3) is 23.9. The predicted octanol–water partition coefficient (Wildman–Crippen LogP) is 20.9. The van der Waals surface area contributed by atoms with Crippen molar-refractivity contribution >= 4 is 214 Å². The van der Waals surface area contributed by atoms with Crippen LogP contribution in [-0.4, -0.2) is 142 Å². The number of nitrogen functional groups attached to an aromatic ring is 3. The predicted molar refractivity (Wildman–Crippen MR) is 506 cm³/mol. The summed E-state index contributed by atoms with van der Waals surface area (Å²) in [5.41, 5.74) is 19.3. The number of amides is 1. The number of carbonyl (C=O) groups excluding carboxylic acids is 13. The number of rotatable bonds is 9. The number of hydrogen-bond acceptors (Lipinski definition) is 26. The Morgan fingerprint density at radius 1 is 0.350 bits per heavy atom. The van der Waals surface area contributed by atoms with E-state index in [0.29, 0.717) is 54.4 Å². The molecule has 9 aromatic rings. The number of fused-ring (bicyclic) bond motifs is 6. The lowest BCUT2D eigenvalue weighted by molar-refractivity contribution is -0.385. The van der Waals surface area contributed by atoms with Crippen molar-refractivity contribution in [1.29, 1.82) is 0 Å². The molecule has 3 aliphatic heterocycles. The molecule has 3 saturated heterocycles. The Bertz CT molecular complexity index is 6750. The molecule has 0 bridgehead atoms. The lowest BCUT2D eigenvalue weighted by atomic mass is 9.89. The number of allylic oxidation sites excluding steroid dienone is 12. The highest BCUT2D eigenvalue weighted by Crippen LogP contribution is 2.41. The Morgan fingerprint density at radius 2 is 0.672 bits per heavy atom. The van der Waals surface area contributed by atoms with Crippen LogP contribution in [-0.2, 0) is 4.74 Å². The summed E-state index contributed by atoms with van der Waals surface area (Å²) in [6.07, 6.45) is 5.62. The molecule has 0 aromatic heterocycles. The number of carbonyl (C=O) groups is 13. The van der Waals surface area contributed by atoms with Crippen molar-refractivity contribution in [2.24, 2.45) is 0 Å². The Morgan fingerprint density at radius 3 is 1.05 bits per heavy atom. The standard InChI is InChI=1S/C22H19F2N3O4.C20H17F2N3O2.2C10H3Cl2NO4.C10H5Cl2NO2.C10H4Cl2O2.C6H5F2N.C4H9N.2CH4/c1-31-22(30)26-12-4-6-14-15(10-12)21(29)19(27-8-2-3-9-27)18(20(14)28)25-13-5-7-16(23)17(24)11-13;21-15-6-4-12(10-16(15)22)24-17-18(25-7-1-2-8-25)20(27)14-9-11(23)3-5-13(14)19(17)26;11-7-8(12)10(15)6-3-4(13(16)17)1-2-5(6)9(7)14;11-7-8(12)10(15)6-4(9(7)14)2-1-3-5(6)13(16)17;11-7-8(12)10(15)6-3-4(13)1-2-5(6)9(7)14;11-7-8(12)10(14)6-4-2-1-3-5(6)9(7)13;7-5-2-1-4(9)3-6(5)8;1-2-4-5-3-1;;/h4-7,10-11,25H,2-3,8-9H2,1H3,(H,26,30);3-6,9-10,24H,1-2,7-8,23H2;2*1-3H;1-3H,13H2;1-4H;1-3H,9H2;5H,1-4H2;2*1H4. The van der Waals surface area contributed by atoms with Gasteiger partial charge in [0.2, 0.25) is 69.4 Å². The van der Waals surface area contributed by atoms with Gasteiger partial charge in [-0.25, -0.2) is 31.1 Å². The minimum Gasteiger partial charge on any atom is -0.453 e. The van der Waals surface area contributed by atoms with Crippen molar-refractivity contribution in [3.63, 3.8) is 0 Å². The fourth-order valence-electron chi connectivity index (χ4n) is 14.1. The summed E-state index contributed by atoms with van der Waals surface area (Å²) in [5.74, 6) is -11.9. The number of Topliss-reactive ketones (excluding diaryl/α,β-unsaturated/α-hetero) is 12. The topological polar surface area (TPSA) is 450 Å². The Balaban J connectivity index is 0.000000182. The first kappa shape index (κ1) is 107. The highest BCUT2D eigenvalue weighted by atomic mass is 35.5. The van der Waals surface area contributed by atoms with E-state index < -0.39 is 129 Å². The Hall–Kier alpha value is -14.0. The molecule has 3 heterocycles. The summed E-state index contributed by atoms with van der Waals surface area (Å²) in [6, 6.07) is 36.5. The van der Waals surface area contributed by atoms with Gasteiger partial charge in [0, 0.05) is 152 Å². The fraction of sp³-hybridized carbons (Fsp3) is 0.160. The maximum Gasteiger partial charge on any atom is 0.411 e. The molecular weight excluding hydrogens is 1970 g/mol. The van der Waals surface area contributed by atoms with Gasteiger partial charge in [-0.3, -0.25) is 83.1 Å². The Labute approximate surface area is 814 Å². The SMILES string of the molecule is C.C.C1CCNC1.COC(=O)Nc1ccc2c(c1)C(=O)C(N1CCCC1)=C(Nc1ccc(F)c(F)c1)C2=O.Nc1ccc(F)c(F)c1.Nc1ccc2c(c1)C(=O)C(Cl)=C(Cl)C2=O.Nc1ccc2c(c1)C(=O)C(N1CCCC1)=C(Nc1ccc(F)c(F)c1)C2=O.O=C1C(Cl)=C(Cl)C(=O)c2c1cccc2[N+](=O)[O-].O=C1C(Cl)=C(Cl)C(=O)c2cc([N+](=O)[O-])ccc21.O=C1C(Cl)=C(Cl)C(=O)c2ccccc21. The van der Waals surface area contributed by atoms with Crippen LogP contribution in [0.15, 0.2) is 233 Å². The number of ketones is 12. The summed E-state index contributed by atoms with van der Waals surface area (Å²) in [4.78, 5) is 181. The lowest BCUT2D eigenvalue weighted by Gasteiger charge is -2.28. The van der Waals surface area contributed by atoms with Crippen LogP contribution in [0.2, 0.25) is 0 Å². The number of methoxy groups -OCH3 is 1. The molecule has 0 saturated carbocycles. The Kier molecular flexibility index (Phi) is 36.2. The number of hydrogen-bond donors (Lipinski definition) is 7. The number of nitro benzene ring substituents is 2. The molecular formula is C94H73Cl8F6N11O18. The van der Waals surface area contributed by atoms with E-state index in [1.807, 2.05) is 9.80 Å². The van der Waals surface area contributed by atoms with Gasteiger partial charge in [-0.2, -0.15) is 0 Å². The largest absolute Gasteiger partial charge is 0.453 e. The molecule has 29 nitrogen and oxygen atoms in total. The van der Waals surface area contributed by atoms with E-state index in [4.69, 9.17) is 110 Å². The van der Waals surface area contributed by atoms with Crippen molar-refractivity contribution in [3.8, 4) is 0 Å². The maximum atomic E-state index is 13.7. The van der Waals surface area contributed by atoms with Gasteiger partial charge in [0.05, 0.1) is 17.0 Å². The van der Waals surface area contributed by atoms with Crippen LogP contribution in [0.25, 0.3) is 0 Å². The van der Waals surface area contributed by atoms with Gasteiger partial charge in [0.1, 0.15) is 68.6 Å². The van der Waals surface area contributed by atoms with E-state index in [1.54, 1.807) is 30.3 Å². The quantitative estimate of drug-likeness (QED) is 0.0305. The van der Waals surface area contributed by atoms with Gasteiger partial charge in [0.25, 0.3) is 11.4 Å². The number of halogens is 14. The first-order chi connectivity index (χ1) is 64.1. The van der Waals surface area contributed by atoms with E-state index in [9.17, 15) is 109 Å². The molecule has 9 aliphatic rings. The molecule has 10 N–H and O–H groups in total. The number of non-ortho nitro benzene ring substituents is 1. The zero-order chi connectivity index (χ0) is 98.6. The number of likely N-dealkylation sites (tertiary alicyclic amines) is 2. The average Bonchev–Trinajstić information content (AvgIpc) is 1.72. The summed E-state index contributed by atoms with van der Waals surface area (Å²) >= 11 is 44.8. The highest BCUT2D eigenvalue weighted by molar-refractivity contribution is 6.62. The van der Waals surface area contributed by atoms with Crippen molar-refractivity contribution in [3.05, 3.63) is 355 Å². The normalized spacial score (nSPS) is 15.4. The molecule has 710 valence electrons. The molecule has 43 heteroatoms. The van der Waals surface area contributed by atoms with Crippen LogP contribution in [0.4, 0.5) is 76.6 Å². The van der Waals surface area contributed by atoms with Crippen LogP contribution in [0.1, 0.15) is 178 Å². The number of anilines is 6. The second kappa shape index (κ2) is 46.5. The molecule has 3 fully saturated rings. The number of benzene rings is 9. The van der Waals surface area contributed by atoms with Gasteiger partial charge < -0.3 is 47.7 Å². The van der Waals surface area contributed by atoms with Crippen LogP contribution < -0.4 is 38.5 Å². The van der Waals surface area contributed by atoms with Crippen LogP contribution in [0.5, 0.6) is 0 Å². The molecule has 0 atom stereocenters. The molecule has 0 unspecified atom stereocenters. The molecule has 137 heavy (non-hydrogen) atoms. The van der Waals surface area contributed by atoms with Crippen LogP contribution in [0.3, 0.4) is 0 Å². The summed E-state index contributed by atoms with van der Waals surface area (Å²) in [6.45, 7) is 4.98. The van der Waals surface area contributed by atoms with Crippen LogP contribution in [0, 0.1) is 55.1 Å². The minimum absolute atomic E-state index is 0. The van der Waals surface area contributed by atoms with Crippen molar-refractivity contribution in [2.45, 2.75) is 53.4 Å². The lowest BCUT2D eigenvalue weighted by Crippen LogP contribution is -2.35. The number of nitro groups is 2. The third-order valence-electron chi connectivity index (χ3n) is 20.7. The maximum absolute atomic E-state index is 13.7. The van der Waals surface area contributed by atoms with E-state index in [0.717, 1.165) is 80.3 Å². The van der Waals surface area contributed by atoms with E-state index in [1.165, 1.54) is 118 Å². The van der Waals surface area contributed by atoms with Gasteiger partial charge in [-0.1, -0.05) is 138 Å². The van der Waals surface area contributed by atoms with Crippen LogP contribution >= 0.6 is 92.8 Å². The molecule has 0 spiro atoms. The zero-order valence-corrected chi connectivity index (χ0v) is 75.4. The first-order valence-electron chi connectivity index (χ1n) is 39.6. The second-order valence-corrected chi connectivity index (χ2v) is 32.4. The van der Waals surface area contributed by atoms with Crippen molar-refractivity contribution in [1.82, 2.24) is 15.1 Å². The highest BCUT2D eigenvalue weighted by Gasteiger charge is 2.42. The van der Waals surface area contributed by atoms with Crippen molar-refractivity contribution in [2.75, 3.05) is 79.5 Å². The van der Waals surface area contributed by atoms with Gasteiger partial charge >= 0.3 is 6.09 Å². The average molecular weight is 2040 g/mol. The molecule has 0 radical (unpaired) electrons. The molecule has 6 aliphatic carbocycles. The summed E-state index contributed by atoms with van der Waals surface area (Å²) in [5, 5.41) is 30.1. The fourth-order valence-corrected chi connectivity index (χ4v) is 15.6. The second-order valence-electron chi connectivity index (χ2n) is 29.4. The summed E-state index contributed by atoms with van der Waals surface area (Å²) < 4.78 is 82.5. The van der Waals surface area contributed by atoms with E-state index in [2.05, 4.69) is 26.0 Å². The number of nitrogens with two attached hydrogens (primary N) is 3. The van der Waals surface area contributed by atoms with E-state index in [-0.39, 0.29) is 153 Å². The molecule has 18 rings (SSSR count). The molecule has 9 aromatic carbocycles. The van der Waals surface area contributed by atoms with Crippen molar-refractivity contribution < 1.29 is 103 Å². The van der Waals surface area contributed by atoms with Gasteiger partial charge in [0.15, 0.2) is 34.9 Å².